The van der Waals surface area contributed by atoms with Gasteiger partial charge in [-0.2, -0.15) is 0 Å². The lowest BCUT2D eigenvalue weighted by Crippen LogP contribution is -2.11. The van der Waals surface area contributed by atoms with E-state index in [0.29, 0.717) is 13.2 Å². The minimum Gasteiger partial charge on any atom is -0.394 e. The van der Waals surface area contributed by atoms with E-state index in [1.165, 1.54) is 5.56 Å². The van der Waals surface area contributed by atoms with Crippen LogP contribution in [0.25, 0.3) is 0 Å². The third-order valence-electron chi connectivity index (χ3n) is 1.85. The molecule has 0 aliphatic heterocycles. The first-order valence-corrected chi connectivity index (χ1v) is 5.71. The van der Waals surface area contributed by atoms with Gasteiger partial charge in [0.25, 0.3) is 0 Å². The van der Waals surface area contributed by atoms with Gasteiger partial charge in [-0.3, -0.25) is 0 Å². The Morgan fingerprint density at radius 2 is 2.13 bits per heavy atom. The lowest BCUT2D eigenvalue weighted by atomic mass is 10.2. The molecule has 1 aromatic carbocycles. The van der Waals surface area contributed by atoms with Crippen LogP contribution in [-0.2, 0) is 4.74 Å². The zero-order chi connectivity index (χ0) is 11.1. The number of anilines is 1. The topological polar surface area (TPSA) is 41.5 Å². The quantitative estimate of drug-likeness (QED) is 0.781. The van der Waals surface area contributed by atoms with Crippen LogP contribution in [0.5, 0.6) is 0 Å². The molecular formula is C11H16BrNO2. The second kappa shape index (κ2) is 6.82. The highest BCUT2D eigenvalue weighted by molar-refractivity contribution is 9.10. The lowest BCUT2D eigenvalue weighted by Gasteiger charge is -2.08. The van der Waals surface area contributed by atoms with Crippen LogP contribution in [-0.4, -0.2) is 31.5 Å². The summed E-state index contributed by atoms with van der Waals surface area (Å²) in [6.45, 7) is 3.88. The van der Waals surface area contributed by atoms with E-state index in [4.69, 9.17) is 9.84 Å². The van der Waals surface area contributed by atoms with E-state index in [1.807, 2.05) is 6.07 Å². The van der Waals surface area contributed by atoms with Crippen molar-refractivity contribution in [2.75, 3.05) is 31.7 Å². The lowest BCUT2D eigenvalue weighted by molar-refractivity contribution is 0.0992. The molecule has 2 N–H and O–H groups in total. The van der Waals surface area contributed by atoms with Crippen molar-refractivity contribution in [2.45, 2.75) is 6.92 Å². The summed E-state index contributed by atoms with van der Waals surface area (Å²) in [4.78, 5) is 0. The van der Waals surface area contributed by atoms with Crippen molar-refractivity contribution in [3.8, 4) is 0 Å². The average molecular weight is 274 g/mol. The molecule has 0 spiro atoms. The summed E-state index contributed by atoms with van der Waals surface area (Å²) in [5, 5.41) is 11.8. The first-order chi connectivity index (χ1) is 7.22. The summed E-state index contributed by atoms with van der Waals surface area (Å²) in [7, 11) is 0. The number of aliphatic hydroxyl groups excluding tert-OH is 1. The Hall–Kier alpha value is -0.580. The molecule has 1 rings (SSSR count). The highest BCUT2D eigenvalue weighted by Crippen LogP contribution is 2.18. The highest BCUT2D eigenvalue weighted by Gasteiger charge is 1.95. The summed E-state index contributed by atoms with van der Waals surface area (Å²) in [5.74, 6) is 0. The highest BCUT2D eigenvalue weighted by atomic mass is 79.9. The van der Waals surface area contributed by atoms with Gasteiger partial charge in [0.2, 0.25) is 0 Å². The summed E-state index contributed by atoms with van der Waals surface area (Å²) in [6.07, 6.45) is 0. The zero-order valence-electron chi connectivity index (χ0n) is 8.79. The molecule has 84 valence electrons. The second-order valence-electron chi connectivity index (χ2n) is 3.28. The average Bonchev–Trinajstić information content (AvgIpc) is 2.16. The van der Waals surface area contributed by atoms with Crippen molar-refractivity contribution in [2.24, 2.45) is 0 Å². The molecule has 4 heteroatoms. The van der Waals surface area contributed by atoms with Crippen LogP contribution >= 0.6 is 15.9 Å². The van der Waals surface area contributed by atoms with Crippen LogP contribution in [0.2, 0.25) is 0 Å². The Bertz CT molecular complexity index is 284. The number of benzene rings is 1. The van der Waals surface area contributed by atoms with Gasteiger partial charge in [-0.15, -0.1) is 0 Å². The van der Waals surface area contributed by atoms with E-state index >= 15 is 0 Å². The van der Waals surface area contributed by atoms with Crippen molar-refractivity contribution in [1.29, 1.82) is 0 Å². The van der Waals surface area contributed by atoms with Crippen LogP contribution in [0.15, 0.2) is 22.7 Å². The Labute approximate surface area is 98.6 Å². The maximum Gasteiger partial charge on any atom is 0.0698 e. The van der Waals surface area contributed by atoms with Crippen molar-refractivity contribution >= 4 is 21.6 Å². The van der Waals surface area contributed by atoms with Crippen molar-refractivity contribution < 1.29 is 9.84 Å². The predicted octanol–water partition coefficient (Wildman–Crippen LogP) is 2.18. The van der Waals surface area contributed by atoms with Gasteiger partial charge in [0, 0.05) is 16.7 Å². The third-order valence-corrected chi connectivity index (χ3v) is 2.31. The molecule has 15 heavy (non-hydrogen) atoms. The third kappa shape index (κ3) is 5.16. The van der Waals surface area contributed by atoms with Crippen LogP contribution in [0, 0.1) is 6.92 Å². The Kier molecular flexibility index (Phi) is 5.68. The molecule has 0 saturated heterocycles. The van der Waals surface area contributed by atoms with Crippen LogP contribution < -0.4 is 5.32 Å². The summed E-state index contributed by atoms with van der Waals surface area (Å²) >= 11 is 3.44. The molecule has 0 bridgehead atoms. The second-order valence-corrected chi connectivity index (χ2v) is 4.20. The molecule has 3 nitrogen and oxygen atoms in total. The van der Waals surface area contributed by atoms with Gasteiger partial charge in [0.15, 0.2) is 0 Å². The molecule has 0 atom stereocenters. The fourth-order valence-electron chi connectivity index (χ4n) is 1.27. The molecular weight excluding hydrogens is 258 g/mol. The van der Waals surface area contributed by atoms with Gasteiger partial charge in [-0.05, 0) is 30.7 Å². The summed E-state index contributed by atoms with van der Waals surface area (Å²) in [5.41, 5.74) is 2.29. The van der Waals surface area contributed by atoms with E-state index < -0.39 is 0 Å². The monoisotopic (exact) mass is 273 g/mol. The van der Waals surface area contributed by atoms with Gasteiger partial charge in [0.05, 0.1) is 19.8 Å². The molecule has 0 unspecified atom stereocenters. The molecule has 0 aliphatic carbocycles. The molecule has 0 radical (unpaired) electrons. The Balaban J connectivity index is 2.31. The van der Waals surface area contributed by atoms with Gasteiger partial charge in [0.1, 0.15) is 0 Å². The van der Waals surface area contributed by atoms with Crippen LogP contribution in [0.3, 0.4) is 0 Å². The predicted molar refractivity (Wildman–Crippen MR) is 65.3 cm³/mol. The van der Waals surface area contributed by atoms with E-state index in [0.717, 1.165) is 16.7 Å². The molecule has 0 fully saturated rings. The van der Waals surface area contributed by atoms with Gasteiger partial charge < -0.3 is 15.2 Å². The van der Waals surface area contributed by atoms with E-state index in [2.05, 4.69) is 40.3 Å². The smallest absolute Gasteiger partial charge is 0.0698 e. The SMILES string of the molecule is Cc1cc(Br)cc(NCCOCCO)c1. The maximum absolute atomic E-state index is 8.50. The van der Waals surface area contributed by atoms with Crippen LogP contribution in [0.4, 0.5) is 5.69 Å². The molecule has 0 saturated carbocycles. The maximum atomic E-state index is 8.50. The fraction of sp³-hybridized carbons (Fsp3) is 0.455. The minimum atomic E-state index is 0.0794. The number of halogens is 1. The largest absolute Gasteiger partial charge is 0.394 e. The molecule has 0 amide bonds. The first kappa shape index (κ1) is 12.5. The first-order valence-electron chi connectivity index (χ1n) is 4.92. The Morgan fingerprint density at radius 1 is 1.33 bits per heavy atom. The number of hydrogen-bond acceptors (Lipinski definition) is 3. The normalized spacial score (nSPS) is 10.3. The molecule has 0 heterocycles. The number of ether oxygens (including phenoxy) is 1. The van der Waals surface area contributed by atoms with Crippen molar-refractivity contribution in [3.63, 3.8) is 0 Å². The molecule has 0 aliphatic rings. The number of aliphatic hydroxyl groups is 1. The standard InChI is InChI=1S/C11H16BrNO2/c1-9-6-10(12)8-11(7-9)13-2-4-15-5-3-14/h6-8,13-14H,2-5H2,1H3. The van der Waals surface area contributed by atoms with E-state index in [-0.39, 0.29) is 6.61 Å². The van der Waals surface area contributed by atoms with Crippen LogP contribution in [0.1, 0.15) is 5.56 Å². The number of aryl methyl sites for hydroxylation is 1. The van der Waals surface area contributed by atoms with E-state index in [1.54, 1.807) is 0 Å². The minimum absolute atomic E-state index is 0.0794. The van der Waals surface area contributed by atoms with E-state index in [9.17, 15) is 0 Å². The molecule has 1 aromatic rings. The fourth-order valence-corrected chi connectivity index (χ4v) is 1.88. The number of rotatable bonds is 6. The molecule has 0 aromatic heterocycles. The number of nitrogens with one attached hydrogen (secondary N) is 1. The van der Waals surface area contributed by atoms with Crippen molar-refractivity contribution in [3.05, 3.63) is 28.2 Å². The Morgan fingerprint density at radius 3 is 2.80 bits per heavy atom. The zero-order valence-corrected chi connectivity index (χ0v) is 10.4. The van der Waals surface area contributed by atoms with Gasteiger partial charge in [-0.1, -0.05) is 15.9 Å². The van der Waals surface area contributed by atoms with Gasteiger partial charge in [-0.25, -0.2) is 0 Å². The number of hydrogen-bond donors (Lipinski definition) is 2. The van der Waals surface area contributed by atoms with Gasteiger partial charge >= 0.3 is 0 Å². The summed E-state index contributed by atoms with van der Waals surface area (Å²) in [6, 6.07) is 6.17. The summed E-state index contributed by atoms with van der Waals surface area (Å²) < 4.78 is 6.21. The van der Waals surface area contributed by atoms with Crippen molar-refractivity contribution in [1.82, 2.24) is 0 Å².